The maximum absolute atomic E-state index is 11.3. The van der Waals surface area contributed by atoms with Crippen molar-refractivity contribution in [2.75, 3.05) is 13.2 Å². The van der Waals surface area contributed by atoms with Crippen LogP contribution in [0.5, 0.6) is 0 Å². The first kappa shape index (κ1) is 12.1. The summed E-state index contributed by atoms with van der Waals surface area (Å²) in [6.07, 6.45) is 0.837. The Morgan fingerprint density at radius 1 is 1.47 bits per heavy atom. The van der Waals surface area contributed by atoms with Gasteiger partial charge in [-0.25, -0.2) is 0 Å². The normalized spacial score (nSPS) is 25.7. The molecule has 2 unspecified atom stereocenters. The van der Waals surface area contributed by atoms with Gasteiger partial charge in [0.2, 0.25) is 0 Å². The van der Waals surface area contributed by atoms with Crippen molar-refractivity contribution in [3.05, 3.63) is 35.9 Å². The number of benzene rings is 1. The van der Waals surface area contributed by atoms with Gasteiger partial charge in [-0.1, -0.05) is 30.3 Å². The van der Waals surface area contributed by atoms with Gasteiger partial charge in [-0.3, -0.25) is 10.1 Å². The lowest BCUT2D eigenvalue weighted by Crippen LogP contribution is -2.47. The Morgan fingerprint density at radius 2 is 2.18 bits per heavy atom. The maximum atomic E-state index is 11.3. The van der Waals surface area contributed by atoms with Gasteiger partial charge in [-0.05, 0) is 18.9 Å². The average molecular weight is 235 g/mol. The summed E-state index contributed by atoms with van der Waals surface area (Å²) in [5.74, 6) is -0.857. The Kier molecular flexibility index (Phi) is 3.45. The first-order chi connectivity index (χ1) is 8.11. The minimum Gasteiger partial charge on any atom is -0.480 e. The SMILES string of the molecule is CC1(NC(C(=O)O)c2ccccc2)CCOC1. The lowest BCUT2D eigenvalue weighted by Gasteiger charge is -2.28. The number of carboxylic acids is 1. The fraction of sp³-hybridized carbons (Fsp3) is 0.462. The zero-order valence-corrected chi connectivity index (χ0v) is 9.85. The van der Waals surface area contributed by atoms with E-state index in [0.29, 0.717) is 13.2 Å². The highest BCUT2D eigenvalue weighted by Gasteiger charge is 2.34. The summed E-state index contributed by atoms with van der Waals surface area (Å²) in [5.41, 5.74) is 0.520. The van der Waals surface area contributed by atoms with Crippen LogP contribution in [0.2, 0.25) is 0 Å². The van der Waals surface area contributed by atoms with Crippen molar-refractivity contribution >= 4 is 5.97 Å². The zero-order chi connectivity index (χ0) is 12.3. The van der Waals surface area contributed by atoms with Gasteiger partial charge >= 0.3 is 5.97 Å². The van der Waals surface area contributed by atoms with Crippen LogP contribution in [0.25, 0.3) is 0 Å². The fourth-order valence-corrected chi connectivity index (χ4v) is 2.06. The quantitative estimate of drug-likeness (QED) is 0.832. The molecule has 0 saturated carbocycles. The summed E-state index contributed by atoms with van der Waals surface area (Å²) in [6.45, 7) is 3.24. The van der Waals surface area contributed by atoms with Crippen LogP contribution in [-0.2, 0) is 9.53 Å². The predicted octanol–water partition coefficient (Wildman–Crippen LogP) is 1.58. The third kappa shape index (κ3) is 2.84. The van der Waals surface area contributed by atoms with Crippen LogP contribution in [0, 0.1) is 0 Å². The molecule has 1 fully saturated rings. The maximum Gasteiger partial charge on any atom is 0.325 e. The highest BCUT2D eigenvalue weighted by molar-refractivity contribution is 5.75. The first-order valence-electron chi connectivity index (χ1n) is 5.74. The first-order valence-corrected chi connectivity index (χ1v) is 5.74. The topological polar surface area (TPSA) is 58.6 Å². The molecule has 1 aromatic carbocycles. The van der Waals surface area contributed by atoms with Crippen LogP contribution in [0.15, 0.2) is 30.3 Å². The molecule has 1 aromatic rings. The smallest absolute Gasteiger partial charge is 0.325 e. The Labute approximate surface area is 101 Å². The second kappa shape index (κ2) is 4.85. The molecule has 0 spiro atoms. The Bertz CT molecular complexity index is 385. The second-order valence-corrected chi connectivity index (χ2v) is 4.69. The summed E-state index contributed by atoms with van der Waals surface area (Å²) in [5, 5.41) is 12.5. The van der Waals surface area contributed by atoms with Crippen molar-refractivity contribution in [1.29, 1.82) is 0 Å². The minimum absolute atomic E-state index is 0.251. The van der Waals surface area contributed by atoms with Gasteiger partial charge in [0.25, 0.3) is 0 Å². The Morgan fingerprint density at radius 3 is 2.71 bits per heavy atom. The number of aliphatic carboxylic acids is 1. The molecule has 0 amide bonds. The van der Waals surface area contributed by atoms with Gasteiger partial charge in [0.1, 0.15) is 6.04 Å². The van der Waals surface area contributed by atoms with E-state index >= 15 is 0 Å². The Hall–Kier alpha value is -1.39. The van der Waals surface area contributed by atoms with Crippen molar-refractivity contribution in [2.24, 2.45) is 0 Å². The van der Waals surface area contributed by atoms with Crippen molar-refractivity contribution in [3.63, 3.8) is 0 Å². The summed E-state index contributed by atoms with van der Waals surface area (Å²) in [4.78, 5) is 11.3. The van der Waals surface area contributed by atoms with Crippen LogP contribution in [-0.4, -0.2) is 29.8 Å². The molecule has 4 nitrogen and oxygen atoms in total. The van der Waals surface area contributed by atoms with E-state index < -0.39 is 12.0 Å². The van der Waals surface area contributed by atoms with Crippen molar-refractivity contribution in [2.45, 2.75) is 24.9 Å². The summed E-state index contributed by atoms with van der Waals surface area (Å²) in [6, 6.07) is 8.54. The lowest BCUT2D eigenvalue weighted by atomic mass is 9.97. The molecule has 2 rings (SSSR count). The predicted molar refractivity (Wildman–Crippen MR) is 63.8 cm³/mol. The van der Waals surface area contributed by atoms with Gasteiger partial charge in [-0.2, -0.15) is 0 Å². The van der Waals surface area contributed by atoms with E-state index in [9.17, 15) is 9.90 Å². The average Bonchev–Trinajstić information content (AvgIpc) is 2.74. The monoisotopic (exact) mass is 235 g/mol. The number of carboxylic acid groups (broad SMARTS) is 1. The third-order valence-electron chi connectivity index (χ3n) is 3.09. The van der Waals surface area contributed by atoms with Crippen molar-refractivity contribution in [1.82, 2.24) is 5.32 Å². The number of nitrogens with one attached hydrogen (secondary N) is 1. The van der Waals surface area contributed by atoms with E-state index in [4.69, 9.17) is 4.74 Å². The molecule has 2 N–H and O–H groups in total. The molecular weight excluding hydrogens is 218 g/mol. The minimum atomic E-state index is -0.857. The molecule has 92 valence electrons. The Balaban J connectivity index is 2.16. The van der Waals surface area contributed by atoms with Gasteiger partial charge in [0, 0.05) is 12.1 Å². The van der Waals surface area contributed by atoms with Crippen LogP contribution < -0.4 is 5.32 Å². The number of rotatable bonds is 4. The zero-order valence-electron chi connectivity index (χ0n) is 9.85. The van der Waals surface area contributed by atoms with Gasteiger partial charge < -0.3 is 9.84 Å². The van der Waals surface area contributed by atoms with E-state index in [-0.39, 0.29) is 5.54 Å². The highest BCUT2D eigenvalue weighted by atomic mass is 16.5. The van der Waals surface area contributed by atoms with E-state index in [2.05, 4.69) is 5.32 Å². The molecule has 1 aliphatic heterocycles. The molecule has 1 heterocycles. The molecule has 0 aromatic heterocycles. The van der Waals surface area contributed by atoms with E-state index in [1.807, 2.05) is 37.3 Å². The molecule has 1 aliphatic rings. The summed E-state index contributed by atoms with van der Waals surface area (Å²) >= 11 is 0. The molecular formula is C13H17NO3. The molecule has 17 heavy (non-hydrogen) atoms. The van der Waals surface area contributed by atoms with Crippen LogP contribution in [0.3, 0.4) is 0 Å². The highest BCUT2D eigenvalue weighted by Crippen LogP contribution is 2.23. The molecule has 1 saturated heterocycles. The molecule has 0 aliphatic carbocycles. The number of ether oxygens (including phenoxy) is 1. The van der Waals surface area contributed by atoms with E-state index in [0.717, 1.165) is 12.0 Å². The summed E-state index contributed by atoms with van der Waals surface area (Å²) in [7, 11) is 0. The molecule has 0 bridgehead atoms. The largest absolute Gasteiger partial charge is 0.480 e. The van der Waals surface area contributed by atoms with E-state index in [1.54, 1.807) is 0 Å². The van der Waals surface area contributed by atoms with Gasteiger partial charge in [0.15, 0.2) is 0 Å². The molecule has 0 radical (unpaired) electrons. The number of hydrogen-bond acceptors (Lipinski definition) is 3. The standard InChI is InChI=1S/C13H17NO3/c1-13(7-8-17-9-13)14-11(12(15)16)10-5-3-2-4-6-10/h2-6,11,14H,7-9H2,1H3,(H,15,16). The molecule has 4 heteroatoms. The van der Waals surface area contributed by atoms with Crippen molar-refractivity contribution in [3.8, 4) is 0 Å². The van der Waals surface area contributed by atoms with Gasteiger partial charge in [0.05, 0.1) is 6.61 Å². The second-order valence-electron chi connectivity index (χ2n) is 4.69. The van der Waals surface area contributed by atoms with Crippen LogP contribution in [0.1, 0.15) is 24.9 Å². The van der Waals surface area contributed by atoms with Crippen LogP contribution in [0.4, 0.5) is 0 Å². The fourth-order valence-electron chi connectivity index (χ4n) is 2.06. The number of carbonyl (C=O) groups is 1. The third-order valence-corrected chi connectivity index (χ3v) is 3.09. The van der Waals surface area contributed by atoms with Crippen molar-refractivity contribution < 1.29 is 14.6 Å². The van der Waals surface area contributed by atoms with Gasteiger partial charge in [-0.15, -0.1) is 0 Å². The van der Waals surface area contributed by atoms with E-state index in [1.165, 1.54) is 0 Å². The lowest BCUT2D eigenvalue weighted by molar-refractivity contribution is -0.140. The molecule has 2 atom stereocenters. The van der Waals surface area contributed by atoms with Crippen LogP contribution >= 0.6 is 0 Å². The summed E-state index contributed by atoms with van der Waals surface area (Å²) < 4.78 is 5.32. The number of hydrogen-bond donors (Lipinski definition) is 2.